The van der Waals surface area contributed by atoms with Gasteiger partial charge in [-0.3, -0.25) is 4.79 Å². The molecule has 0 bridgehead atoms. The molecule has 2 rings (SSSR count). The third-order valence-corrected chi connectivity index (χ3v) is 3.45. The van der Waals surface area contributed by atoms with Gasteiger partial charge in [0.05, 0.1) is 12.2 Å². The predicted octanol–water partition coefficient (Wildman–Crippen LogP) is 1.66. The second-order valence-corrected chi connectivity index (χ2v) is 5.10. The van der Waals surface area contributed by atoms with E-state index in [1.54, 1.807) is 4.90 Å². The molecule has 1 N–H and O–H groups in total. The van der Waals surface area contributed by atoms with Gasteiger partial charge in [-0.2, -0.15) is 0 Å². The van der Waals surface area contributed by atoms with Gasteiger partial charge in [0.1, 0.15) is 5.82 Å². The van der Waals surface area contributed by atoms with Crippen LogP contribution in [0.1, 0.15) is 0 Å². The van der Waals surface area contributed by atoms with E-state index in [9.17, 15) is 9.18 Å². The number of likely N-dealkylation sites (N-methyl/N-ethyl adjacent to an activating group) is 1. The van der Waals surface area contributed by atoms with Crippen LogP contribution in [0, 0.1) is 5.82 Å². The van der Waals surface area contributed by atoms with Crippen LogP contribution in [0.2, 0.25) is 5.02 Å². The fraction of sp³-hybridized carbons (Fsp3) is 0.462. The lowest BCUT2D eigenvalue weighted by Crippen LogP contribution is -2.48. The van der Waals surface area contributed by atoms with Gasteiger partial charge in [-0.15, -0.1) is 0 Å². The number of anilines is 1. The average Bonchev–Trinajstić information content (AvgIpc) is 2.40. The fourth-order valence-electron chi connectivity index (χ4n) is 1.97. The predicted molar refractivity (Wildman–Crippen MR) is 74.0 cm³/mol. The Bertz CT molecular complexity index is 461. The number of amides is 1. The van der Waals surface area contributed by atoms with Crippen LogP contribution in [-0.4, -0.2) is 55.5 Å². The summed E-state index contributed by atoms with van der Waals surface area (Å²) in [4.78, 5) is 15.9. The van der Waals surface area contributed by atoms with E-state index in [4.69, 9.17) is 11.6 Å². The molecule has 0 radical (unpaired) electrons. The molecule has 0 aromatic heterocycles. The van der Waals surface area contributed by atoms with E-state index in [0.717, 1.165) is 26.2 Å². The van der Waals surface area contributed by atoms with Crippen molar-refractivity contribution >= 4 is 23.2 Å². The maximum absolute atomic E-state index is 13.5. The maximum Gasteiger partial charge on any atom is 0.241 e. The molecule has 1 aromatic carbocycles. The first-order chi connectivity index (χ1) is 9.06. The highest BCUT2D eigenvalue weighted by atomic mass is 35.5. The molecule has 0 saturated carbocycles. The molecule has 1 fully saturated rings. The average molecular weight is 286 g/mol. The number of carbonyl (C=O) groups is 1. The van der Waals surface area contributed by atoms with Crippen LogP contribution in [0.4, 0.5) is 10.1 Å². The summed E-state index contributed by atoms with van der Waals surface area (Å²) in [6, 6.07) is 4.24. The van der Waals surface area contributed by atoms with Crippen LogP contribution < -0.4 is 5.32 Å². The highest BCUT2D eigenvalue weighted by Crippen LogP contribution is 2.19. The summed E-state index contributed by atoms with van der Waals surface area (Å²) in [5, 5.41) is 3.24. The van der Waals surface area contributed by atoms with E-state index < -0.39 is 5.82 Å². The summed E-state index contributed by atoms with van der Waals surface area (Å²) in [5.41, 5.74) is 0.259. The number of halogens is 2. The number of benzene rings is 1. The molecule has 1 saturated heterocycles. The zero-order chi connectivity index (χ0) is 13.8. The normalized spacial score (nSPS) is 16.5. The highest BCUT2D eigenvalue weighted by Gasteiger charge is 2.18. The van der Waals surface area contributed by atoms with Crippen LogP contribution >= 0.6 is 11.6 Å². The van der Waals surface area contributed by atoms with E-state index in [1.807, 2.05) is 7.05 Å². The Morgan fingerprint density at radius 1 is 1.37 bits per heavy atom. The molecule has 0 unspecified atom stereocenters. The second kappa shape index (κ2) is 6.21. The van der Waals surface area contributed by atoms with Crippen molar-refractivity contribution in [2.75, 3.05) is 45.1 Å². The van der Waals surface area contributed by atoms with Crippen molar-refractivity contribution in [3.63, 3.8) is 0 Å². The van der Waals surface area contributed by atoms with E-state index >= 15 is 0 Å². The number of carbonyl (C=O) groups excluding carboxylic acids is 1. The van der Waals surface area contributed by atoms with Crippen molar-refractivity contribution in [1.82, 2.24) is 9.80 Å². The quantitative estimate of drug-likeness (QED) is 0.918. The molecule has 1 aliphatic rings. The minimum atomic E-state index is -0.407. The molecule has 19 heavy (non-hydrogen) atoms. The van der Waals surface area contributed by atoms with Crippen LogP contribution in [0.3, 0.4) is 0 Å². The van der Waals surface area contributed by atoms with Gasteiger partial charge in [0.2, 0.25) is 5.91 Å². The molecule has 0 spiro atoms. The van der Waals surface area contributed by atoms with Gasteiger partial charge in [0.15, 0.2) is 0 Å². The van der Waals surface area contributed by atoms with Gasteiger partial charge in [0, 0.05) is 31.2 Å². The number of piperazine rings is 1. The summed E-state index contributed by atoms with van der Waals surface area (Å²) in [5.74, 6) is -0.428. The van der Waals surface area contributed by atoms with Crippen molar-refractivity contribution < 1.29 is 9.18 Å². The van der Waals surface area contributed by atoms with Gasteiger partial charge < -0.3 is 15.1 Å². The summed E-state index contributed by atoms with van der Waals surface area (Å²) >= 11 is 5.79. The molecule has 0 atom stereocenters. The fourth-order valence-corrected chi connectivity index (χ4v) is 2.14. The van der Waals surface area contributed by atoms with Crippen LogP contribution in [0.25, 0.3) is 0 Å². The molecular weight excluding hydrogens is 269 g/mol. The summed E-state index contributed by atoms with van der Waals surface area (Å²) < 4.78 is 13.5. The number of nitrogens with one attached hydrogen (secondary N) is 1. The van der Waals surface area contributed by atoms with Gasteiger partial charge in [-0.1, -0.05) is 11.6 Å². The lowest BCUT2D eigenvalue weighted by atomic mass is 10.3. The summed E-state index contributed by atoms with van der Waals surface area (Å²) in [6.07, 6.45) is 0. The largest absolute Gasteiger partial charge is 0.374 e. The van der Waals surface area contributed by atoms with Crippen LogP contribution in [-0.2, 0) is 4.79 Å². The Hall–Kier alpha value is -1.33. The first kappa shape index (κ1) is 14.1. The maximum atomic E-state index is 13.5. The highest BCUT2D eigenvalue weighted by molar-refractivity contribution is 6.30. The Morgan fingerprint density at radius 3 is 2.74 bits per heavy atom. The molecule has 104 valence electrons. The Balaban J connectivity index is 1.88. The molecule has 0 aliphatic carbocycles. The summed E-state index contributed by atoms with van der Waals surface area (Å²) in [7, 11) is 2.03. The number of nitrogens with zero attached hydrogens (tertiary/aromatic N) is 2. The molecule has 4 nitrogen and oxygen atoms in total. The minimum Gasteiger partial charge on any atom is -0.374 e. The van der Waals surface area contributed by atoms with E-state index in [1.165, 1.54) is 18.2 Å². The van der Waals surface area contributed by atoms with Crippen LogP contribution in [0.5, 0.6) is 0 Å². The lowest BCUT2D eigenvalue weighted by Gasteiger charge is -2.32. The first-order valence-electron chi connectivity index (χ1n) is 6.21. The standard InChI is InChI=1S/C13H17ClFN3O/c1-17-4-6-18(7-5-17)13(19)9-16-12-8-10(14)2-3-11(12)15/h2-3,8,16H,4-7,9H2,1H3. The summed E-state index contributed by atoms with van der Waals surface area (Å²) in [6.45, 7) is 3.26. The third-order valence-electron chi connectivity index (χ3n) is 3.21. The monoisotopic (exact) mass is 285 g/mol. The Kier molecular flexibility index (Phi) is 4.61. The molecule has 1 aromatic rings. The topological polar surface area (TPSA) is 35.6 Å². The number of hydrogen-bond donors (Lipinski definition) is 1. The minimum absolute atomic E-state index is 0.0209. The molecule has 1 amide bonds. The van der Waals surface area contributed by atoms with Crippen molar-refractivity contribution in [2.24, 2.45) is 0 Å². The SMILES string of the molecule is CN1CCN(C(=O)CNc2cc(Cl)ccc2F)CC1. The third kappa shape index (κ3) is 3.81. The molecule has 1 aliphatic heterocycles. The van der Waals surface area contributed by atoms with Gasteiger partial charge >= 0.3 is 0 Å². The van der Waals surface area contributed by atoms with Crippen LogP contribution in [0.15, 0.2) is 18.2 Å². The zero-order valence-corrected chi connectivity index (χ0v) is 11.6. The Morgan fingerprint density at radius 2 is 2.05 bits per heavy atom. The number of hydrogen-bond acceptors (Lipinski definition) is 3. The second-order valence-electron chi connectivity index (χ2n) is 4.66. The molecular formula is C13H17ClFN3O. The van der Waals surface area contributed by atoms with E-state index in [0.29, 0.717) is 5.02 Å². The van der Waals surface area contributed by atoms with Crippen molar-refractivity contribution in [1.29, 1.82) is 0 Å². The van der Waals surface area contributed by atoms with E-state index in [2.05, 4.69) is 10.2 Å². The first-order valence-corrected chi connectivity index (χ1v) is 6.59. The Labute approximate surface area is 117 Å². The van der Waals surface area contributed by atoms with E-state index in [-0.39, 0.29) is 18.1 Å². The van der Waals surface area contributed by atoms with Gasteiger partial charge in [-0.05, 0) is 25.2 Å². The van der Waals surface area contributed by atoms with Gasteiger partial charge in [0.25, 0.3) is 0 Å². The molecule has 1 heterocycles. The van der Waals surface area contributed by atoms with Gasteiger partial charge in [-0.25, -0.2) is 4.39 Å². The zero-order valence-electron chi connectivity index (χ0n) is 10.8. The van der Waals surface area contributed by atoms with Crippen molar-refractivity contribution in [3.05, 3.63) is 29.0 Å². The number of rotatable bonds is 3. The van der Waals surface area contributed by atoms with Crippen molar-refractivity contribution in [2.45, 2.75) is 0 Å². The molecule has 6 heteroatoms. The smallest absolute Gasteiger partial charge is 0.241 e. The lowest BCUT2D eigenvalue weighted by molar-refractivity contribution is -0.130. The van der Waals surface area contributed by atoms with Crippen molar-refractivity contribution in [3.8, 4) is 0 Å².